The van der Waals surface area contributed by atoms with E-state index < -0.39 is 41.7 Å². The molecule has 23 heavy (non-hydrogen) atoms. The van der Waals surface area contributed by atoms with Crippen LogP contribution in [0.25, 0.3) is 0 Å². The van der Waals surface area contributed by atoms with E-state index >= 15 is 0 Å². The summed E-state index contributed by atoms with van der Waals surface area (Å²) < 4.78 is 0. The van der Waals surface area contributed by atoms with Gasteiger partial charge in [-0.25, -0.2) is 4.79 Å². The van der Waals surface area contributed by atoms with Crippen molar-refractivity contribution in [2.75, 3.05) is 6.61 Å². The van der Waals surface area contributed by atoms with Crippen LogP contribution in [0, 0.1) is 5.92 Å². The number of carboxylic acid groups (broad SMARTS) is 2. The van der Waals surface area contributed by atoms with Crippen LogP contribution in [-0.4, -0.2) is 39.8 Å². The van der Waals surface area contributed by atoms with Gasteiger partial charge in [0.05, 0.1) is 24.0 Å². The molecule has 1 rings (SSSR count). The lowest BCUT2D eigenvalue weighted by atomic mass is 9.80. The molecule has 7 nitrogen and oxygen atoms in total. The van der Waals surface area contributed by atoms with Crippen LogP contribution in [0.2, 0.25) is 0 Å². The van der Waals surface area contributed by atoms with Gasteiger partial charge in [0.1, 0.15) is 0 Å². The maximum absolute atomic E-state index is 11.7. The van der Waals surface area contributed by atoms with Crippen molar-refractivity contribution in [1.29, 1.82) is 0 Å². The fraction of sp³-hybridized carbons (Fsp3) is 0.438. The smallest absolute Gasteiger partial charge is 0.335 e. The number of hydrogen-bond donors (Lipinski definition) is 4. The number of carbonyl (C=O) groups is 3. The fourth-order valence-electron chi connectivity index (χ4n) is 2.31. The molecule has 0 aliphatic rings. The van der Waals surface area contributed by atoms with Gasteiger partial charge < -0.3 is 21.1 Å². The third kappa shape index (κ3) is 4.29. The van der Waals surface area contributed by atoms with Crippen LogP contribution in [0.4, 0.5) is 0 Å². The molecule has 0 spiro atoms. The van der Waals surface area contributed by atoms with Gasteiger partial charge in [-0.05, 0) is 28.7 Å². The number of nitrogens with two attached hydrogens (primary N) is 1. The molecule has 7 heteroatoms. The minimum Gasteiger partial charge on any atom is -0.481 e. The van der Waals surface area contributed by atoms with E-state index in [-0.39, 0.29) is 11.1 Å². The zero-order valence-electron chi connectivity index (χ0n) is 13.2. The molecular weight excluding hydrogens is 302 g/mol. The number of amides is 1. The Hall–Kier alpha value is -2.41. The highest BCUT2D eigenvalue weighted by molar-refractivity contribution is 5.91. The van der Waals surface area contributed by atoms with Gasteiger partial charge in [-0.3, -0.25) is 9.59 Å². The molecule has 0 fully saturated rings. The van der Waals surface area contributed by atoms with Crippen LogP contribution >= 0.6 is 0 Å². The van der Waals surface area contributed by atoms with Gasteiger partial charge in [0.15, 0.2) is 0 Å². The molecule has 2 unspecified atom stereocenters. The van der Waals surface area contributed by atoms with E-state index in [2.05, 4.69) is 0 Å². The largest absolute Gasteiger partial charge is 0.481 e. The summed E-state index contributed by atoms with van der Waals surface area (Å²) in [4.78, 5) is 34.3. The monoisotopic (exact) mass is 323 g/mol. The predicted octanol–water partition coefficient (Wildman–Crippen LogP) is 0.944. The fourth-order valence-corrected chi connectivity index (χ4v) is 2.31. The maximum Gasteiger partial charge on any atom is 0.335 e. The minimum absolute atomic E-state index is 0.0687. The summed E-state index contributed by atoms with van der Waals surface area (Å²) in [5.41, 5.74) is 5.62. The lowest BCUT2D eigenvalue weighted by Gasteiger charge is -2.25. The Balaban J connectivity index is 3.59. The molecule has 0 aliphatic carbocycles. The Bertz CT molecular complexity index is 632. The molecule has 0 heterocycles. The summed E-state index contributed by atoms with van der Waals surface area (Å²) in [6, 6.07) is 4.25. The van der Waals surface area contributed by atoms with E-state index in [1.807, 2.05) is 20.8 Å². The van der Waals surface area contributed by atoms with Crippen LogP contribution in [-0.2, 0) is 15.0 Å². The number of carboxylic acids is 2. The van der Waals surface area contributed by atoms with Crippen LogP contribution in [0.3, 0.4) is 0 Å². The quantitative estimate of drug-likeness (QED) is 0.615. The number of aromatic carboxylic acids is 1. The zero-order valence-corrected chi connectivity index (χ0v) is 13.2. The molecule has 1 amide bonds. The van der Waals surface area contributed by atoms with E-state index in [1.54, 1.807) is 6.07 Å². The average Bonchev–Trinajstić information content (AvgIpc) is 2.42. The molecule has 0 radical (unpaired) electrons. The summed E-state index contributed by atoms with van der Waals surface area (Å²) in [6.45, 7) is 4.79. The van der Waals surface area contributed by atoms with Crippen molar-refractivity contribution in [2.24, 2.45) is 11.7 Å². The van der Waals surface area contributed by atoms with Crippen LogP contribution in [0.5, 0.6) is 0 Å². The molecular formula is C16H21NO6. The molecule has 0 bridgehead atoms. The first kappa shape index (κ1) is 18.6. The molecule has 1 aromatic rings. The normalized spacial score (nSPS) is 14.1. The first-order chi connectivity index (χ1) is 10.5. The number of primary amides is 1. The zero-order chi connectivity index (χ0) is 17.9. The predicted molar refractivity (Wildman–Crippen MR) is 82.2 cm³/mol. The Morgan fingerprint density at radius 2 is 1.70 bits per heavy atom. The summed E-state index contributed by atoms with van der Waals surface area (Å²) in [5.74, 6) is -6.28. The van der Waals surface area contributed by atoms with Crippen molar-refractivity contribution in [3.8, 4) is 0 Å². The molecule has 1 aromatic carbocycles. The van der Waals surface area contributed by atoms with E-state index in [9.17, 15) is 29.7 Å². The average molecular weight is 323 g/mol. The topological polar surface area (TPSA) is 138 Å². The van der Waals surface area contributed by atoms with E-state index in [0.717, 1.165) is 0 Å². The lowest BCUT2D eigenvalue weighted by Crippen LogP contribution is -2.35. The third-order valence-electron chi connectivity index (χ3n) is 3.65. The summed E-state index contributed by atoms with van der Waals surface area (Å²) in [5, 5.41) is 27.7. The Morgan fingerprint density at radius 3 is 2.04 bits per heavy atom. The molecule has 0 aliphatic heterocycles. The van der Waals surface area contributed by atoms with Crippen LogP contribution < -0.4 is 5.73 Å². The first-order valence-electron chi connectivity index (χ1n) is 7.00. The molecule has 0 saturated heterocycles. The maximum atomic E-state index is 11.7. The second kappa shape index (κ2) is 6.78. The van der Waals surface area contributed by atoms with Crippen molar-refractivity contribution in [3.05, 3.63) is 34.9 Å². The van der Waals surface area contributed by atoms with Crippen molar-refractivity contribution in [3.63, 3.8) is 0 Å². The number of aliphatic carboxylic acids is 1. The molecule has 2 atom stereocenters. The number of hydrogen-bond acceptors (Lipinski definition) is 4. The Labute approximate surface area is 133 Å². The van der Waals surface area contributed by atoms with Gasteiger partial charge in [-0.15, -0.1) is 0 Å². The van der Waals surface area contributed by atoms with Gasteiger partial charge in [-0.2, -0.15) is 0 Å². The number of rotatable bonds is 6. The van der Waals surface area contributed by atoms with Crippen molar-refractivity contribution < 1.29 is 29.7 Å². The number of aliphatic hydroxyl groups excluding tert-OH is 1. The van der Waals surface area contributed by atoms with Crippen LogP contribution in [0.1, 0.15) is 48.2 Å². The van der Waals surface area contributed by atoms with E-state index in [4.69, 9.17) is 5.73 Å². The van der Waals surface area contributed by atoms with Gasteiger partial charge in [0.2, 0.25) is 5.91 Å². The van der Waals surface area contributed by atoms with Crippen molar-refractivity contribution >= 4 is 17.8 Å². The molecule has 5 N–H and O–H groups in total. The molecule has 0 saturated carbocycles. The van der Waals surface area contributed by atoms with E-state index in [1.165, 1.54) is 12.1 Å². The molecule has 126 valence electrons. The van der Waals surface area contributed by atoms with Crippen LogP contribution in [0.15, 0.2) is 18.2 Å². The van der Waals surface area contributed by atoms with E-state index in [0.29, 0.717) is 5.56 Å². The van der Waals surface area contributed by atoms with Gasteiger partial charge >= 0.3 is 11.9 Å². The molecule has 0 aromatic heterocycles. The summed E-state index contributed by atoms with van der Waals surface area (Å²) in [6.07, 6.45) is 0. The number of aliphatic hydroxyl groups is 1. The highest BCUT2D eigenvalue weighted by Crippen LogP contribution is 2.31. The third-order valence-corrected chi connectivity index (χ3v) is 3.65. The number of carbonyl (C=O) groups excluding carboxylic acids is 1. The second-order valence-corrected chi connectivity index (χ2v) is 6.41. The Kier molecular flexibility index (Phi) is 5.50. The van der Waals surface area contributed by atoms with Crippen molar-refractivity contribution in [2.45, 2.75) is 32.1 Å². The minimum atomic E-state index is -1.44. The standard InChI is InChI=1S/C16H21NO6/c1-16(2,3)10-5-8(4-9(6-10)14(20)21)12(13(17)19)11(7-18)15(22)23/h4-6,11-12,18H,7H2,1-3H3,(H2,17,19)(H,20,21)(H,22,23). The second-order valence-electron chi connectivity index (χ2n) is 6.41. The highest BCUT2D eigenvalue weighted by atomic mass is 16.4. The number of benzene rings is 1. The first-order valence-corrected chi connectivity index (χ1v) is 7.00. The van der Waals surface area contributed by atoms with Gasteiger partial charge in [-0.1, -0.05) is 26.8 Å². The highest BCUT2D eigenvalue weighted by Gasteiger charge is 2.34. The summed E-state index contributed by atoms with van der Waals surface area (Å²) in [7, 11) is 0. The van der Waals surface area contributed by atoms with Crippen molar-refractivity contribution in [1.82, 2.24) is 0 Å². The van der Waals surface area contributed by atoms with Gasteiger partial charge in [0.25, 0.3) is 0 Å². The summed E-state index contributed by atoms with van der Waals surface area (Å²) >= 11 is 0. The lowest BCUT2D eigenvalue weighted by molar-refractivity contribution is -0.146. The Morgan fingerprint density at radius 1 is 1.13 bits per heavy atom. The SMILES string of the molecule is CC(C)(C)c1cc(C(=O)O)cc(C(C(N)=O)C(CO)C(=O)O)c1. The van der Waals surface area contributed by atoms with Gasteiger partial charge in [0, 0.05) is 0 Å².